The normalized spacial score (nSPS) is 20.4. The Hall–Kier alpha value is -4.15. The predicted octanol–water partition coefficient (Wildman–Crippen LogP) is 7.35. The summed E-state index contributed by atoms with van der Waals surface area (Å²) in [6.45, 7) is 15.8. The standard InChI is InChI=1S/C41H43Cl2N7O2/c1-25-14-40(19-45-25)21-49(22-40)17-27-10-13-33(47-38(27)51-3)31-8-4-6-29(36(31)42)30-7-5-9-32(37(30)43)34-16-44-35(39(48-34)52-28-11-12-28)18-50-23-41(24-50)15-26(2)46-20-41/h4-10,13,16,28,45-46H,1-2,11-12,14-15,17-24H2,3H3. The van der Waals surface area contributed by atoms with Crippen LogP contribution >= 0.6 is 23.2 Å². The molecule has 2 aromatic carbocycles. The summed E-state index contributed by atoms with van der Waals surface area (Å²) in [5.41, 5.74) is 9.40. The minimum atomic E-state index is 0.191. The fraction of sp³-hybridized carbons (Fsp3) is 0.390. The van der Waals surface area contributed by atoms with Gasteiger partial charge in [-0.1, -0.05) is 78.8 Å². The van der Waals surface area contributed by atoms with E-state index < -0.39 is 0 Å². The molecule has 6 heterocycles. The van der Waals surface area contributed by atoms with Crippen molar-refractivity contribution in [2.24, 2.45) is 10.8 Å². The molecule has 0 unspecified atom stereocenters. The summed E-state index contributed by atoms with van der Waals surface area (Å²) in [5, 5.41) is 7.95. The van der Waals surface area contributed by atoms with E-state index in [1.54, 1.807) is 7.11 Å². The number of ether oxygens (including phenoxy) is 2. The Bertz CT molecular complexity index is 2090. The summed E-state index contributed by atoms with van der Waals surface area (Å²) in [7, 11) is 1.67. The fourth-order valence-corrected chi connectivity index (χ4v) is 9.22. The number of halogens is 2. The van der Waals surface area contributed by atoms with Crippen LogP contribution in [0.2, 0.25) is 10.0 Å². The van der Waals surface area contributed by atoms with Crippen molar-refractivity contribution in [3.05, 3.63) is 101 Å². The molecule has 2 N–H and O–H groups in total. The van der Waals surface area contributed by atoms with Gasteiger partial charge in [0.15, 0.2) is 0 Å². The maximum atomic E-state index is 7.21. The van der Waals surface area contributed by atoms with E-state index in [0.717, 1.165) is 122 Å². The average Bonchev–Trinajstić information content (AvgIpc) is 3.71. The first-order chi connectivity index (χ1) is 25.2. The summed E-state index contributed by atoms with van der Waals surface area (Å²) in [5.74, 6) is 1.20. The zero-order chi connectivity index (χ0) is 35.6. The van der Waals surface area contributed by atoms with E-state index in [1.165, 1.54) is 0 Å². The second kappa shape index (κ2) is 13.1. The maximum absolute atomic E-state index is 7.21. The molecule has 0 radical (unpaired) electrons. The van der Waals surface area contributed by atoms with Gasteiger partial charge >= 0.3 is 0 Å². The number of aromatic nitrogens is 3. The van der Waals surface area contributed by atoms with Crippen LogP contribution in [0.3, 0.4) is 0 Å². The third kappa shape index (κ3) is 6.31. The zero-order valence-electron chi connectivity index (χ0n) is 29.5. The first kappa shape index (κ1) is 33.7. The van der Waals surface area contributed by atoms with Gasteiger partial charge in [-0.15, -0.1) is 0 Å². The van der Waals surface area contributed by atoms with Crippen LogP contribution in [0, 0.1) is 10.8 Å². The van der Waals surface area contributed by atoms with Crippen molar-refractivity contribution in [1.82, 2.24) is 35.4 Å². The lowest BCUT2D eigenvalue weighted by molar-refractivity contribution is 0.00985. The van der Waals surface area contributed by atoms with Crippen LogP contribution in [0.25, 0.3) is 33.6 Å². The summed E-state index contributed by atoms with van der Waals surface area (Å²) in [6.07, 6.45) is 6.16. The molecular formula is C41H43Cl2N7O2. The van der Waals surface area contributed by atoms with E-state index in [9.17, 15) is 0 Å². The fourth-order valence-electron chi connectivity index (χ4n) is 8.57. The molecule has 9 nitrogen and oxygen atoms in total. The van der Waals surface area contributed by atoms with Gasteiger partial charge in [0.25, 0.3) is 0 Å². The number of pyridine rings is 1. The Morgan fingerprint density at radius 3 is 1.87 bits per heavy atom. The summed E-state index contributed by atoms with van der Waals surface area (Å²) < 4.78 is 12.1. The number of methoxy groups -OCH3 is 1. The Morgan fingerprint density at radius 1 is 0.750 bits per heavy atom. The Balaban J connectivity index is 0.956. The minimum absolute atomic E-state index is 0.191. The summed E-state index contributed by atoms with van der Waals surface area (Å²) >= 11 is 14.4. The van der Waals surface area contributed by atoms with E-state index in [-0.39, 0.29) is 6.10 Å². The van der Waals surface area contributed by atoms with E-state index >= 15 is 0 Å². The predicted molar refractivity (Wildman–Crippen MR) is 205 cm³/mol. The molecule has 268 valence electrons. The number of nitrogens with one attached hydrogen (secondary N) is 2. The first-order valence-corrected chi connectivity index (χ1v) is 18.9. The smallest absolute Gasteiger partial charge is 0.237 e. The van der Waals surface area contributed by atoms with Gasteiger partial charge in [-0.2, -0.15) is 0 Å². The summed E-state index contributed by atoms with van der Waals surface area (Å²) in [6, 6.07) is 16.0. The van der Waals surface area contributed by atoms with Crippen LogP contribution in [0.1, 0.15) is 36.9 Å². The highest BCUT2D eigenvalue weighted by Crippen LogP contribution is 2.45. The lowest BCUT2D eigenvalue weighted by atomic mass is 9.78. The maximum Gasteiger partial charge on any atom is 0.237 e. The molecule has 2 spiro atoms. The van der Waals surface area contributed by atoms with E-state index in [2.05, 4.69) is 39.7 Å². The van der Waals surface area contributed by atoms with E-state index in [4.69, 9.17) is 47.6 Å². The third-order valence-corrected chi connectivity index (χ3v) is 12.0. The van der Waals surface area contributed by atoms with Crippen LogP contribution in [0.5, 0.6) is 11.8 Å². The van der Waals surface area contributed by atoms with Crippen molar-refractivity contribution < 1.29 is 9.47 Å². The van der Waals surface area contributed by atoms with Gasteiger partial charge in [-0.25, -0.2) is 9.97 Å². The summed E-state index contributed by atoms with van der Waals surface area (Å²) in [4.78, 5) is 19.7. The van der Waals surface area contributed by atoms with Crippen molar-refractivity contribution in [3.63, 3.8) is 0 Å². The molecule has 4 aromatic rings. The molecule has 9 rings (SSSR count). The molecule has 0 amide bonds. The van der Waals surface area contributed by atoms with Gasteiger partial charge in [0.05, 0.1) is 34.7 Å². The van der Waals surface area contributed by atoms with Crippen molar-refractivity contribution in [2.45, 2.75) is 44.9 Å². The van der Waals surface area contributed by atoms with Crippen molar-refractivity contribution in [1.29, 1.82) is 0 Å². The molecule has 0 bridgehead atoms. The van der Waals surface area contributed by atoms with Gasteiger partial charge < -0.3 is 20.1 Å². The lowest BCUT2D eigenvalue weighted by Crippen LogP contribution is -2.56. The molecule has 5 fully saturated rings. The lowest BCUT2D eigenvalue weighted by Gasteiger charge is -2.47. The SMILES string of the molecule is C=C1CC2(CN1)CN(Cc1ccc(-c3cccc(-c4cccc(-c5cnc(CN6CC7(CNC(=C)C7)C6)c(OC6CC6)n5)c4Cl)c3Cl)nc1OC)C2. The number of rotatable bonds is 10. The molecule has 0 atom stereocenters. The highest BCUT2D eigenvalue weighted by atomic mass is 35.5. The van der Waals surface area contributed by atoms with Crippen LogP contribution in [0.4, 0.5) is 0 Å². The molecule has 4 saturated heterocycles. The van der Waals surface area contributed by atoms with Gasteiger partial charge in [0, 0.05) is 102 Å². The monoisotopic (exact) mass is 735 g/mol. The number of hydrogen-bond donors (Lipinski definition) is 2. The molecule has 4 aliphatic heterocycles. The molecule has 2 aromatic heterocycles. The average molecular weight is 737 g/mol. The Labute approximate surface area is 315 Å². The van der Waals surface area contributed by atoms with Crippen molar-refractivity contribution in [2.75, 3.05) is 46.4 Å². The van der Waals surface area contributed by atoms with Crippen molar-refractivity contribution >= 4 is 23.2 Å². The Morgan fingerprint density at radius 2 is 1.31 bits per heavy atom. The topological polar surface area (TPSA) is 87.7 Å². The van der Waals surface area contributed by atoms with Gasteiger partial charge in [0.1, 0.15) is 11.8 Å². The molecule has 5 aliphatic rings. The first-order valence-electron chi connectivity index (χ1n) is 18.1. The quantitative estimate of drug-likeness (QED) is 0.174. The number of nitrogens with zero attached hydrogens (tertiary/aromatic N) is 5. The Kier molecular flexibility index (Phi) is 8.45. The van der Waals surface area contributed by atoms with Crippen LogP contribution < -0.4 is 20.1 Å². The largest absolute Gasteiger partial charge is 0.481 e. The third-order valence-electron chi connectivity index (χ3n) is 11.2. The highest BCUT2D eigenvalue weighted by Gasteiger charge is 2.47. The number of benzene rings is 2. The van der Waals surface area contributed by atoms with Crippen LogP contribution in [-0.2, 0) is 13.1 Å². The van der Waals surface area contributed by atoms with Crippen LogP contribution in [0.15, 0.2) is 79.3 Å². The highest BCUT2D eigenvalue weighted by molar-refractivity contribution is 6.39. The second-order valence-electron chi connectivity index (χ2n) is 15.6. The second-order valence-corrected chi connectivity index (χ2v) is 16.3. The number of allylic oxidation sites excluding steroid dienone is 2. The number of likely N-dealkylation sites (tertiary alicyclic amines) is 2. The zero-order valence-corrected chi connectivity index (χ0v) is 31.0. The van der Waals surface area contributed by atoms with Gasteiger partial charge in [-0.05, 0) is 31.7 Å². The molecular weight excluding hydrogens is 693 g/mol. The van der Waals surface area contributed by atoms with E-state index in [1.807, 2.05) is 48.7 Å². The minimum Gasteiger partial charge on any atom is -0.481 e. The van der Waals surface area contributed by atoms with Crippen LogP contribution in [-0.4, -0.2) is 77.2 Å². The van der Waals surface area contributed by atoms with Gasteiger partial charge in [0.2, 0.25) is 11.8 Å². The van der Waals surface area contributed by atoms with Crippen molar-refractivity contribution in [3.8, 4) is 45.4 Å². The van der Waals surface area contributed by atoms with E-state index in [0.29, 0.717) is 44.9 Å². The molecule has 1 aliphatic carbocycles. The van der Waals surface area contributed by atoms with Gasteiger partial charge in [-0.3, -0.25) is 14.8 Å². The molecule has 52 heavy (non-hydrogen) atoms. The molecule has 11 heteroatoms. The number of hydrogen-bond acceptors (Lipinski definition) is 9. The molecule has 1 saturated carbocycles.